The molecule has 0 aromatic heterocycles. The Balaban J connectivity index is 1.25. The Hall–Kier alpha value is -5.25. The summed E-state index contributed by atoms with van der Waals surface area (Å²) < 4.78 is 79.9. The first-order chi connectivity index (χ1) is 21.2. The number of esters is 1. The molecule has 1 aliphatic rings. The third kappa shape index (κ3) is 5.34. The summed E-state index contributed by atoms with van der Waals surface area (Å²) in [7, 11) is 0. The van der Waals surface area contributed by atoms with Gasteiger partial charge < -0.3 is 14.8 Å². The molecular formula is C34H22F5NO4. The first-order valence-corrected chi connectivity index (χ1v) is 13.5. The Bertz CT molecular complexity index is 1850. The van der Waals surface area contributed by atoms with Gasteiger partial charge >= 0.3 is 12.1 Å². The zero-order valence-electron chi connectivity index (χ0n) is 22.8. The number of carbonyl (C=O) groups excluding carboxylic acids is 2. The van der Waals surface area contributed by atoms with Crippen LogP contribution >= 0.6 is 0 Å². The van der Waals surface area contributed by atoms with Gasteiger partial charge in [-0.15, -0.1) is 0 Å². The van der Waals surface area contributed by atoms with Crippen molar-refractivity contribution in [3.63, 3.8) is 0 Å². The topological polar surface area (TPSA) is 64.6 Å². The quantitative estimate of drug-likeness (QED) is 0.0685. The number of fused-ring (bicyclic) bond motifs is 4. The molecule has 1 aliphatic carbocycles. The molecule has 5 aromatic rings. The molecular weight excluding hydrogens is 581 g/mol. The lowest BCUT2D eigenvalue weighted by atomic mass is 9.98. The SMILES string of the molecule is O=C(N[C@H](Cc1ccc2ccccc2c1)C(=O)Oc1c(F)c(F)c(F)c(F)c1F)OCC1c2ccccc2-c2ccccc21. The van der Waals surface area contributed by atoms with Gasteiger partial charge in [0, 0.05) is 12.3 Å². The van der Waals surface area contributed by atoms with Crippen molar-refractivity contribution in [1.29, 1.82) is 0 Å². The van der Waals surface area contributed by atoms with Crippen LogP contribution in [0.15, 0.2) is 91.0 Å². The molecule has 1 amide bonds. The molecule has 0 spiro atoms. The van der Waals surface area contributed by atoms with Crippen LogP contribution in [0.5, 0.6) is 5.75 Å². The summed E-state index contributed by atoms with van der Waals surface area (Å²) >= 11 is 0. The van der Waals surface area contributed by atoms with E-state index < -0.39 is 52.9 Å². The normalized spacial score (nSPS) is 12.8. The Morgan fingerprint density at radius 3 is 1.86 bits per heavy atom. The van der Waals surface area contributed by atoms with Gasteiger partial charge in [-0.3, -0.25) is 0 Å². The molecule has 0 fully saturated rings. The third-order valence-corrected chi connectivity index (χ3v) is 7.55. The van der Waals surface area contributed by atoms with E-state index in [4.69, 9.17) is 4.74 Å². The Morgan fingerprint density at radius 1 is 0.682 bits per heavy atom. The van der Waals surface area contributed by atoms with E-state index in [-0.39, 0.29) is 18.9 Å². The van der Waals surface area contributed by atoms with Crippen molar-refractivity contribution >= 4 is 22.8 Å². The number of amides is 1. The zero-order chi connectivity index (χ0) is 31.0. The van der Waals surface area contributed by atoms with E-state index in [1.54, 1.807) is 24.3 Å². The van der Waals surface area contributed by atoms with Crippen molar-refractivity contribution in [2.45, 2.75) is 18.4 Å². The molecule has 44 heavy (non-hydrogen) atoms. The number of ether oxygens (including phenoxy) is 2. The van der Waals surface area contributed by atoms with Gasteiger partial charge in [0.1, 0.15) is 12.6 Å². The molecule has 0 heterocycles. The van der Waals surface area contributed by atoms with Crippen molar-refractivity contribution < 1.29 is 41.0 Å². The fraction of sp³-hybridized carbons (Fsp3) is 0.118. The Morgan fingerprint density at radius 2 is 1.23 bits per heavy atom. The van der Waals surface area contributed by atoms with Crippen LogP contribution in [-0.4, -0.2) is 24.7 Å². The number of hydrogen-bond acceptors (Lipinski definition) is 4. The maximum atomic E-state index is 14.3. The summed E-state index contributed by atoms with van der Waals surface area (Å²) in [5.74, 6) is -15.1. The van der Waals surface area contributed by atoms with Gasteiger partial charge in [-0.25, -0.2) is 22.8 Å². The summed E-state index contributed by atoms with van der Waals surface area (Å²) in [5, 5.41) is 4.04. The van der Waals surface area contributed by atoms with Crippen LogP contribution in [-0.2, 0) is 16.0 Å². The van der Waals surface area contributed by atoms with Crippen molar-refractivity contribution in [3.05, 3.63) is 137 Å². The highest BCUT2D eigenvalue weighted by Crippen LogP contribution is 2.44. The highest BCUT2D eigenvalue weighted by molar-refractivity contribution is 5.85. The molecule has 6 rings (SSSR count). The molecule has 5 aromatic carbocycles. The summed E-state index contributed by atoms with van der Waals surface area (Å²) in [6.07, 6.45) is -1.30. The third-order valence-electron chi connectivity index (χ3n) is 7.55. The lowest BCUT2D eigenvalue weighted by molar-refractivity contribution is -0.137. The second-order valence-corrected chi connectivity index (χ2v) is 10.2. The van der Waals surface area contributed by atoms with Crippen molar-refractivity contribution in [1.82, 2.24) is 5.32 Å². The molecule has 1 N–H and O–H groups in total. The lowest BCUT2D eigenvalue weighted by Gasteiger charge is -2.20. The van der Waals surface area contributed by atoms with Gasteiger partial charge in [0.25, 0.3) is 0 Å². The molecule has 0 saturated heterocycles. The minimum atomic E-state index is -2.40. The number of carbonyl (C=O) groups is 2. The van der Waals surface area contributed by atoms with Crippen LogP contribution < -0.4 is 10.1 Å². The molecule has 222 valence electrons. The Labute approximate surface area is 247 Å². The predicted molar refractivity (Wildman–Crippen MR) is 152 cm³/mol. The number of benzene rings is 5. The van der Waals surface area contributed by atoms with Gasteiger partial charge in [0.2, 0.25) is 34.8 Å². The molecule has 0 unspecified atom stereocenters. The van der Waals surface area contributed by atoms with Crippen LogP contribution in [0.1, 0.15) is 22.6 Å². The van der Waals surface area contributed by atoms with Crippen LogP contribution in [0.25, 0.3) is 21.9 Å². The number of hydrogen-bond donors (Lipinski definition) is 1. The van der Waals surface area contributed by atoms with E-state index >= 15 is 0 Å². The summed E-state index contributed by atoms with van der Waals surface area (Å²) in [6, 6.07) is 26.2. The van der Waals surface area contributed by atoms with E-state index in [0.29, 0.717) is 5.56 Å². The van der Waals surface area contributed by atoms with Crippen LogP contribution in [0.4, 0.5) is 26.7 Å². The van der Waals surface area contributed by atoms with E-state index in [9.17, 15) is 31.5 Å². The smallest absolute Gasteiger partial charge is 0.407 e. The standard InChI is InChI=1S/C34H22F5NO4/c35-27-28(36)30(38)32(31(39)29(27)37)44-33(41)26(16-18-13-14-19-7-1-2-8-20(19)15-18)40-34(42)43-17-25-23-11-5-3-9-21(23)22-10-4-6-12-24(22)25/h1-15,25-26H,16-17H2,(H,40,42)/t26-/m1/s1. The second-order valence-electron chi connectivity index (χ2n) is 10.2. The molecule has 0 radical (unpaired) electrons. The Kier molecular flexibility index (Phi) is 7.73. The number of halogens is 5. The second kappa shape index (κ2) is 11.8. The first-order valence-electron chi connectivity index (χ1n) is 13.5. The molecule has 0 aliphatic heterocycles. The van der Waals surface area contributed by atoms with Crippen molar-refractivity contribution in [2.24, 2.45) is 0 Å². The molecule has 5 nitrogen and oxygen atoms in total. The fourth-order valence-corrected chi connectivity index (χ4v) is 5.42. The van der Waals surface area contributed by atoms with Crippen LogP contribution in [0.2, 0.25) is 0 Å². The average molecular weight is 604 g/mol. The van der Waals surface area contributed by atoms with Crippen LogP contribution in [0.3, 0.4) is 0 Å². The van der Waals surface area contributed by atoms with Crippen molar-refractivity contribution in [3.8, 4) is 16.9 Å². The summed E-state index contributed by atoms with van der Waals surface area (Å²) in [5.41, 5.74) is 4.40. The van der Waals surface area contributed by atoms with Crippen LogP contribution in [0, 0.1) is 29.1 Å². The van der Waals surface area contributed by atoms with E-state index in [1.807, 2.05) is 66.7 Å². The highest BCUT2D eigenvalue weighted by atomic mass is 19.2. The maximum Gasteiger partial charge on any atom is 0.407 e. The van der Waals surface area contributed by atoms with E-state index in [1.165, 1.54) is 0 Å². The van der Waals surface area contributed by atoms with Crippen molar-refractivity contribution in [2.75, 3.05) is 6.61 Å². The molecule has 10 heteroatoms. The fourth-order valence-electron chi connectivity index (χ4n) is 5.42. The number of alkyl carbamates (subject to hydrolysis) is 1. The van der Waals surface area contributed by atoms with Gasteiger partial charge in [0.05, 0.1) is 0 Å². The first kappa shape index (κ1) is 28.9. The van der Waals surface area contributed by atoms with Gasteiger partial charge in [-0.05, 0) is 38.6 Å². The molecule has 1 atom stereocenters. The number of rotatable bonds is 7. The maximum absolute atomic E-state index is 14.3. The van der Waals surface area contributed by atoms with Gasteiger partial charge in [-0.1, -0.05) is 91.0 Å². The summed E-state index contributed by atoms with van der Waals surface area (Å²) in [4.78, 5) is 26.2. The molecule has 0 saturated carbocycles. The minimum Gasteiger partial charge on any atom is -0.449 e. The minimum absolute atomic E-state index is 0.102. The average Bonchev–Trinajstić information content (AvgIpc) is 3.37. The predicted octanol–water partition coefficient (Wildman–Crippen LogP) is 7.59. The van der Waals surface area contributed by atoms with Gasteiger partial charge in [-0.2, -0.15) is 8.78 Å². The lowest BCUT2D eigenvalue weighted by Crippen LogP contribution is -2.45. The largest absolute Gasteiger partial charge is 0.449 e. The van der Waals surface area contributed by atoms with E-state index in [0.717, 1.165) is 33.0 Å². The highest BCUT2D eigenvalue weighted by Gasteiger charge is 2.33. The monoisotopic (exact) mass is 603 g/mol. The van der Waals surface area contributed by atoms with Gasteiger partial charge in [0.15, 0.2) is 0 Å². The number of nitrogens with one attached hydrogen (secondary N) is 1. The molecule has 0 bridgehead atoms. The van der Waals surface area contributed by atoms with E-state index in [2.05, 4.69) is 10.1 Å². The summed E-state index contributed by atoms with van der Waals surface area (Å²) in [6.45, 7) is -0.102. The zero-order valence-corrected chi connectivity index (χ0v) is 22.8.